The molecule has 2 N–H and O–H groups in total. The Morgan fingerprint density at radius 1 is 1.25 bits per heavy atom. The molecule has 2 heterocycles. The van der Waals surface area contributed by atoms with Crippen LogP contribution in [0.2, 0.25) is 0 Å². The molecule has 5 heteroatoms. The smallest absolute Gasteiger partial charge is 0.231 e. The van der Waals surface area contributed by atoms with E-state index < -0.39 is 0 Å². The van der Waals surface area contributed by atoms with E-state index in [1.807, 2.05) is 6.07 Å². The SMILES string of the molecule is Cc1cccc(CN2C(=O)CCCC[C@H]3[C@H]2CCN3CC(N)=O)c1. The Hall–Kier alpha value is -1.88. The van der Waals surface area contributed by atoms with Crippen LogP contribution in [0.3, 0.4) is 0 Å². The van der Waals surface area contributed by atoms with Gasteiger partial charge in [0, 0.05) is 31.6 Å². The number of primary amides is 1. The van der Waals surface area contributed by atoms with Gasteiger partial charge in [-0.2, -0.15) is 0 Å². The number of nitrogens with two attached hydrogens (primary N) is 1. The zero-order valence-electron chi connectivity index (χ0n) is 14.4. The Morgan fingerprint density at radius 3 is 2.83 bits per heavy atom. The molecule has 5 nitrogen and oxygen atoms in total. The fourth-order valence-corrected chi connectivity index (χ4v) is 4.21. The highest BCUT2D eigenvalue weighted by atomic mass is 16.2. The minimum atomic E-state index is -0.283. The van der Waals surface area contributed by atoms with Gasteiger partial charge in [0.05, 0.1) is 6.54 Å². The molecule has 2 atom stereocenters. The standard InChI is InChI=1S/C19H27N3O2/c1-14-5-4-6-15(11-14)12-22-17-9-10-21(13-18(20)23)16(17)7-2-3-8-19(22)24/h4-6,11,16-17H,2-3,7-10,12-13H2,1H3,(H2,20,23)/t16-,17+/m0/s1. The second-order valence-electron chi connectivity index (χ2n) is 7.12. The predicted molar refractivity (Wildman–Crippen MR) is 93.2 cm³/mol. The van der Waals surface area contributed by atoms with Crippen molar-refractivity contribution in [3.8, 4) is 0 Å². The molecule has 0 spiro atoms. The number of rotatable bonds is 4. The van der Waals surface area contributed by atoms with Gasteiger partial charge in [-0.05, 0) is 31.7 Å². The molecule has 0 aromatic heterocycles. The first-order valence-electron chi connectivity index (χ1n) is 8.92. The lowest BCUT2D eigenvalue weighted by Crippen LogP contribution is -2.49. The number of carbonyl (C=O) groups excluding carboxylic acids is 2. The zero-order chi connectivity index (χ0) is 17.1. The lowest BCUT2D eigenvalue weighted by molar-refractivity contribution is -0.135. The zero-order valence-corrected chi connectivity index (χ0v) is 14.4. The number of hydrogen-bond donors (Lipinski definition) is 1. The largest absolute Gasteiger partial charge is 0.369 e. The maximum atomic E-state index is 12.7. The Labute approximate surface area is 143 Å². The molecular weight excluding hydrogens is 302 g/mol. The van der Waals surface area contributed by atoms with Crippen molar-refractivity contribution in [3.63, 3.8) is 0 Å². The average Bonchev–Trinajstić information content (AvgIpc) is 2.89. The number of carbonyl (C=O) groups is 2. The van der Waals surface area contributed by atoms with E-state index >= 15 is 0 Å². The van der Waals surface area contributed by atoms with E-state index in [-0.39, 0.29) is 23.9 Å². The Bertz CT molecular complexity index is 616. The van der Waals surface area contributed by atoms with E-state index in [1.165, 1.54) is 11.1 Å². The molecule has 0 bridgehead atoms. The predicted octanol–water partition coefficient (Wildman–Crippen LogP) is 1.83. The molecular formula is C19H27N3O2. The highest BCUT2D eigenvalue weighted by Gasteiger charge is 2.40. The van der Waals surface area contributed by atoms with Crippen LogP contribution >= 0.6 is 0 Å². The average molecular weight is 329 g/mol. The summed E-state index contributed by atoms with van der Waals surface area (Å²) in [6.45, 7) is 3.88. The molecule has 3 rings (SSSR count). The summed E-state index contributed by atoms with van der Waals surface area (Å²) in [6, 6.07) is 8.81. The van der Waals surface area contributed by atoms with Gasteiger partial charge < -0.3 is 10.6 Å². The number of amides is 2. The first-order valence-corrected chi connectivity index (χ1v) is 8.92. The van der Waals surface area contributed by atoms with Crippen LogP contribution in [0.5, 0.6) is 0 Å². The van der Waals surface area contributed by atoms with Crippen molar-refractivity contribution in [2.24, 2.45) is 5.73 Å². The first kappa shape index (κ1) is 17.0. The van der Waals surface area contributed by atoms with Gasteiger partial charge in [0.15, 0.2) is 0 Å². The van der Waals surface area contributed by atoms with Crippen molar-refractivity contribution >= 4 is 11.8 Å². The van der Waals surface area contributed by atoms with E-state index in [0.717, 1.165) is 32.2 Å². The second kappa shape index (κ2) is 7.34. The van der Waals surface area contributed by atoms with E-state index in [1.54, 1.807) is 0 Å². The first-order chi connectivity index (χ1) is 11.5. The summed E-state index contributed by atoms with van der Waals surface area (Å²) in [4.78, 5) is 28.3. The summed E-state index contributed by atoms with van der Waals surface area (Å²) in [5.41, 5.74) is 7.80. The minimum Gasteiger partial charge on any atom is -0.369 e. The number of hydrogen-bond acceptors (Lipinski definition) is 3. The maximum Gasteiger partial charge on any atom is 0.231 e. The maximum absolute atomic E-state index is 12.7. The summed E-state index contributed by atoms with van der Waals surface area (Å²) in [5, 5.41) is 0. The summed E-state index contributed by atoms with van der Waals surface area (Å²) >= 11 is 0. The number of aryl methyl sites for hydroxylation is 1. The quantitative estimate of drug-likeness (QED) is 0.916. The molecule has 24 heavy (non-hydrogen) atoms. The molecule has 0 aliphatic carbocycles. The van der Waals surface area contributed by atoms with Crippen molar-refractivity contribution in [3.05, 3.63) is 35.4 Å². The molecule has 2 amide bonds. The van der Waals surface area contributed by atoms with Crippen molar-refractivity contribution < 1.29 is 9.59 Å². The minimum absolute atomic E-state index is 0.192. The topological polar surface area (TPSA) is 66.6 Å². The lowest BCUT2D eigenvalue weighted by atomic mass is 9.96. The van der Waals surface area contributed by atoms with Crippen LogP contribution in [0.15, 0.2) is 24.3 Å². The van der Waals surface area contributed by atoms with Crippen LogP contribution in [-0.2, 0) is 16.1 Å². The molecule has 2 fully saturated rings. The monoisotopic (exact) mass is 329 g/mol. The molecule has 0 radical (unpaired) electrons. The number of benzene rings is 1. The highest BCUT2D eigenvalue weighted by molar-refractivity contribution is 5.77. The van der Waals surface area contributed by atoms with Crippen molar-refractivity contribution in [2.45, 2.75) is 57.7 Å². The third kappa shape index (κ3) is 3.78. The summed E-state index contributed by atoms with van der Waals surface area (Å²) in [7, 11) is 0. The summed E-state index contributed by atoms with van der Waals surface area (Å²) < 4.78 is 0. The number of nitrogens with zero attached hydrogens (tertiary/aromatic N) is 2. The molecule has 130 valence electrons. The Morgan fingerprint density at radius 2 is 2.08 bits per heavy atom. The normalized spacial score (nSPS) is 25.2. The molecule has 0 unspecified atom stereocenters. The fourth-order valence-electron chi connectivity index (χ4n) is 4.21. The van der Waals surface area contributed by atoms with Crippen LogP contribution in [0.1, 0.15) is 43.2 Å². The van der Waals surface area contributed by atoms with E-state index in [9.17, 15) is 9.59 Å². The Balaban J connectivity index is 1.81. The molecule has 1 aromatic rings. The molecule has 2 aliphatic heterocycles. The van der Waals surface area contributed by atoms with Crippen LogP contribution in [0.25, 0.3) is 0 Å². The van der Waals surface area contributed by atoms with Gasteiger partial charge in [-0.1, -0.05) is 36.2 Å². The summed E-state index contributed by atoms with van der Waals surface area (Å²) in [6.07, 6.45) is 4.56. The second-order valence-corrected chi connectivity index (χ2v) is 7.12. The molecule has 2 aliphatic rings. The van der Waals surface area contributed by atoms with Gasteiger partial charge in [0.25, 0.3) is 0 Å². The molecule has 0 saturated carbocycles. The van der Waals surface area contributed by atoms with Gasteiger partial charge in [-0.25, -0.2) is 0 Å². The molecule has 1 aromatic carbocycles. The fraction of sp³-hybridized carbons (Fsp3) is 0.579. The van der Waals surface area contributed by atoms with Gasteiger partial charge in [0.1, 0.15) is 0 Å². The van der Waals surface area contributed by atoms with Crippen LogP contribution < -0.4 is 5.73 Å². The van der Waals surface area contributed by atoms with Crippen LogP contribution in [0, 0.1) is 6.92 Å². The van der Waals surface area contributed by atoms with Gasteiger partial charge in [-0.3, -0.25) is 14.5 Å². The van der Waals surface area contributed by atoms with Crippen molar-refractivity contribution in [1.29, 1.82) is 0 Å². The van der Waals surface area contributed by atoms with Gasteiger partial charge in [-0.15, -0.1) is 0 Å². The van der Waals surface area contributed by atoms with E-state index in [2.05, 4.69) is 34.9 Å². The van der Waals surface area contributed by atoms with Gasteiger partial charge in [0.2, 0.25) is 11.8 Å². The third-order valence-corrected chi connectivity index (χ3v) is 5.28. The molecule has 2 saturated heterocycles. The summed E-state index contributed by atoms with van der Waals surface area (Å²) in [5.74, 6) is -0.0404. The lowest BCUT2D eigenvalue weighted by Gasteiger charge is -2.37. The van der Waals surface area contributed by atoms with E-state index in [0.29, 0.717) is 19.5 Å². The van der Waals surface area contributed by atoms with E-state index in [4.69, 9.17) is 5.73 Å². The van der Waals surface area contributed by atoms with Crippen molar-refractivity contribution in [1.82, 2.24) is 9.80 Å². The van der Waals surface area contributed by atoms with Crippen molar-refractivity contribution in [2.75, 3.05) is 13.1 Å². The number of fused-ring (bicyclic) bond motifs is 1. The van der Waals surface area contributed by atoms with Crippen LogP contribution in [-0.4, -0.2) is 46.8 Å². The number of likely N-dealkylation sites (tertiary alicyclic amines) is 2. The Kier molecular flexibility index (Phi) is 5.19. The van der Waals surface area contributed by atoms with Gasteiger partial charge >= 0.3 is 0 Å². The third-order valence-electron chi connectivity index (χ3n) is 5.28. The van der Waals surface area contributed by atoms with Crippen LogP contribution in [0.4, 0.5) is 0 Å². The highest BCUT2D eigenvalue weighted by Crippen LogP contribution is 2.31.